The van der Waals surface area contributed by atoms with Crippen LogP contribution < -0.4 is 0 Å². The second kappa shape index (κ2) is 16.3. The van der Waals surface area contributed by atoms with Gasteiger partial charge in [-0.05, 0) is 59.3 Å². The van der Waals surface area contributed by atoms with Gasteiger partial charge < -0.3 is 9.47 Å². The minimum absolute atomic E-state index is 0.213. The third-order valence-corrected chi connectivity index (χ3v) is 5.10. The van der Waals surface area contributed by atoms with Crippen molar-refractivity contribution in [3.8, 4) is 0 Å². The van der Waals surface area contributed by atoms with E-state index in [4.69, 9.17) is 23.0 Å². The molecule has 0 rings (SSSR count). The number of hydrogen-bond acceptors (Lipinski definition) is 8. The number of unbranched alkanes of at least 4 members (excludes halogenated alkanes) is 4. The molecule has 0 bridgehead atoms. The van der Waals surface area contributed by atoms with E-state index >= 15 is 0 Å². The number of carbonyl (C=O) groups is 2. The summed E-state index contributed by atoms with van der Waals surface area (Å²) in [6, 6.07) is 0. The van der Waals surface area contributed by atoms with Crippen molar-refractivity contribution >= 4 is 19.8 Å². The highest BCUT2D eigenvalue weighted by Crippen LogP contribution is 2.49. The molecule has 0 aromatic carbocycles. The zero-order chi connectivity index (χ0) is 22.1. The number of esters is 2. The number of phosphoric acid groups is 1. The topological polar surface area (TPSA) is 97.4 Å². The Morgan fingerprint density at radius 1 is 0.690 bits per heavy atom. The van der Waals surface area contributed by atoms with Gasteiger partial charge in [0.05, 0.1) is 33.0 Å². The Morgan fingerprint density at radius 3 is 1.41 bits per heavy atom. The molecule has 0 fully saturated rings. The van der Waals surface area contributed by atoms with Gasteiger partial charge in [-0.15, -0.1) is 0 Å². The molecule has 0 aliphatic carbocycles. The van der Waals surface area contributed by atoms with Crippen LogP contribution in [0.5, 0.6) is 0 Å². The summed E-state index contributed by atoms with van der Waals surface area (Å²) in [6.45, 7) is 13.2. The molecule has 0 aromatic heterocycles. The van der Waals surface area contributed by atoms with Crippen molar-refractivity contribution in [3.63, 3.8) is 0 Å². The molecule has 168 valence electrons. The van der Waals surface area contributed by atoms with Gasteiger partial charge in [-0.2, -0.15) is 0 Å². The Bertz CT molecular complexity index is 529. The predicted octanol–water partition coefficient (Wildman–Crippen LogP) is 4.74. The van der Waals surface area contributed by atoms with Crippen LogP contribution in [0.3, 0.4) is 0 Å². The van der Waals surface area contributed by atoms with Gasteiger partial charge in [0.1, 0.15) is 0 Å². The van der Waals surface area contributed by atoms with E-state index in [1.165, 1.54) is 0 Å². The largest absolute Gasteiger partial charge is 0.474 e. The van der Waals surface area contributed by atoms with E-state index < -0.39 is 19.8 Å². The van der Waals surface area contributed by atoms with Crippen molar-refractivity contribution in [2.24, 2.45) is 0 Å². The monoisotopic (exact) mass is 434 g/mol. The molecule has 0 heterocycles. The molecule has 0 atom stereocenters. The maximum Gasteiger partial charge on any atom is 0.474 e. The maximum absolute atomic E-state index is 12.5. The molecule has 0 saturated carbocycles. The minimum Gasteiger partial charge on any atom is -0.462 e. The van der Waals surface area contributed by atoms with E-state index in [9.17, 15) is 14.2 Å². The summed E-state index contributed by atoms with van der Waals surface area (Å²) in [5.74, 6) is -0.797. The fourth-order valence-corrected chi connectivity index (χ4v) is 3.21. The average molecular weight is 434 g/mol. The molecule has 0 saturated heterocycles. The van der Waals surface area contributed by atoms with Crippen LogP contribution in [0.15, 0.2) is 24.3 Å². The first-order valence-electron chi connectivity index (χ1n) is 9.90. The first kappa shape index (κ1) is 27.5. The van der Waals surface area contributed by atoms with E-state index in [1.807, 2.05) is 0 Å². The number of carbonyl (C=O) groups excluding carboxylic acids is 2. The number of hydrogen-bond donors (Lipinski definition) is 0. The SMILES string of the molecule is C=C(C)C(=O)OCCCCCOP(=O)(OCC)OCCCCCOC(=O)C(=C)C. The van der Waals surface area contributed by atoms with Crippen molar-refractivity contribution in [1.82, 2.24) is 0 Å². The van der Waals surface area contributed by atoms with Crippen LogP contribution in [0.4, 0.5) is 0 Å². The first-order valence-corrected chi connectivity index (χ1v) is 11.4. The zero-order valence-corrected chi connectivity index (χ0v) is 18.8. The summed E-state index contributed by atoms with van der Waals surface area (Å²) >= 11 is 0. The molecule has 0 aliphatic rings. The van der Waals surface area contributed by atoms with E-state index in [1.54, 1.807) is 20.8 Å². The van der Waals surface area contributed by atoms with Crippen LogP contribution in [0.1, 0.15) is 59.3 Å². The van der Waals surface area contributed by atoms with Crippen LogP contribution in [0.2, 0.25) is 0 Å². The second-order valence-corrected chi connectivity index (χ2v) is 8.15. The summed E-state index contributed by atoms with van der Waals surface area (Å²) in [5.41, 5.74) is 0.743. The third-order valence-electron chi connectivity index (χ3n) is 3.53. The van der Waals surface area contributed by atoms with Gasteiger partial charge in [0.2, 0.25) is 0 Å². The molecule has 0 N–H and O–H groups in total. The fourth-order valence-electron chi connectivity index (χ4n) is 1.96. The summed E-state index contributed by atoms with van der Waals surface area (Å²) in [5, 5.41) is 0. The maximum atomic E-state index is 12.5. The molecule has 0 unspecified atom stereocenters. The van der Waals surface area contributed by atoms with E-state index in [0.29, 0.717) is 50.0 Å². The normalized spacial score (nSPS) is 11.1. The molecule has 0 spiro atoms. The standard InChI is InChI=1S/C20H35O8P/c1-6-26-29(23,27-15-11-7-9-13-24-19(21)17(2)3)28-16-12-8-10-14-25-20(22)18(4)5/h2,4,6-16H2,1,3,5H3. The van der Waals surface area contributed by atoms with Crippen LogP contribution in [-0.2, 0) is 37.2 Å². The summed E-state index contributed by atoms with van der Waals surface area (Å²) in [7, 11) is -3.58. The molecule has 0 aliphatic heterocycles. The lowest BCUT2D eigenvalue weighted by molar-refractivity contribution is -0.139. The van der Waals surface area contributed by atoms with Gasteiger partial charge in [0.25, 0.3) is 0 Å². The highest BCUT2D eigenvalue weighted by atomic mass is 31.2. The molecule has 0 amide bonds. The van der Waals surface area contributed by atoms with Gasteiger partial charge in [0.15, 0.2) is 0 Å². The van der Waals surface area contributed by atoms with Crippen molar-refractivity contribution < 1.29 is 37.2 Å². The van der Waals surface area contributed by atoms with Crippen LogP contribution in [0, 0.1) is 0 Å². The minimum atomic E-state index is -3.58. The fraction of sp³-hybridized carbons (Fsp3) is 0.700. The first-order chi connectivity index (χ1) is 13.7. The molecule has 8 nitrogen and oxygen atoms in total. The van der Waals surface area contributed by atoms with Crippen LogP contribution in [0.25, 0.3) is 0 Å². The quantitative estimate of drug-likeness (QED) is 0.132. The van der Waals surface area contributed by atoms with E-state index in [0.717, 1.165) is 12.8 Å². The molecule has 9 heteroatoms. The van der Waals surface area contributed by atoms with Crippen molar-refractivity contribution in [3.05, 3.63) is 24.3 Å². The average Bonchev–Trinajstić information content (AvgIpc) is 2.66. The lowest BCUT2D eigenvalue weighted by atomic mass is 10.2. The lowest BCUT2D eigenvalue weighted by Gasteiger charge is -2.17. The van der Waals surface area contributed by atoms with Gasteiger partial charge in [-0.25, -0.2) is 14.2 Å². The number of ether oxygens (including phenoxy) is 2. The van der Waals surface area contributed by atoms with Crippen molar-refractivity contribution in [1.29, 1.82) is 0 Å². The van der Waals surface area contributed by atoms with E-state index in [-0.39, 0.29) is 19.8 Å². The zero-order valence-electron chi connectivity index (χ0n) is 17.9. The van der Waals surface area contributed by atoms with Gasteiger partial charge in [-0.3, -0.25) is 13.6 Å². The Labute approximate surface area is 174 Å². The highest BCUT2D eigenvalue weighted by molar-refractivity contribution is 7.48. The summed E-state index contributed by atoms with van der Waals surface area (Å²) in [6.07, 6.45) is 4.13. The van der Waals surface area contributed by atoms with Crippen molar-refractivity contribution in [2.75, 3.05) is 33.0 Å². The molecular formula is C20H35O8P. The Kier molecular flexibility index (Phi) is 15.5. The Hall–Kier alpha value is -1.47. The molecule has 0 aromatic rings. The summed E-state index contributed by atoms with van der Waals surface area (Å²) < 4.78 is 38.3. The number of rotatable bonds is 18. The van der Waals surface area contributed by atoms with E-state index in [2.05, 4.69) is 13.2 Å². The second-order valence-electron chi connectivity index (χ2n) is 6.49. The van der Waals surface area contributed by atoms with Crippen LogP contribution >= 0.6 is 7.82 Å². The van der Waals surface area contributed by atoms with Crippen LogP contribution in [-0.4, -0.2) is 45.0 Å². The van der Waals surface area contributed by atoms with Crippen molar-refractivity contribution in [2.45, 2.75) is 59.3 Å². The van der Waals surface area contributed by atoms with Gasteiger partial charge >= 0.3 is 19.8 Å². The van der Waals surface area contributed by atoms with Gasteiger partial charge in [-0.1, -0.05) is 13.2 Å². The Morgan fingerprint density at radius 2 is 1.07 bits per heavy atom. The highest BCUT2D eigenvalue weighted by Gasteiger charge is 2.25. The summed E-state index contributed by atoms with van der Waals surface area (Å²) in [4.78, 5) is 22.5. The predicted molar refractivity (Wildman–Crippen MR) is 110 cm³/mol. The Balaban J connectivity index is 3.87. The molecule has 29 heavy (non-hydrogen) atoms. The smallest absolute Gasteiger partial charge is 0.462 e. The molecule has 0 radical (unpaired) electrons. The molecular weight excluding hydrogens is 399 g/mol. The third kappa shape index (κ3) is 15.1. The lowest BCUT2D eigenvalue weighted by Crippen LogP contribution is -2.07. The number of phosphoric ester groups is 1. The van der Waals surface area contributed by atoms with Gasteiger partial charge in [0, 0.05) is 11.1 Å².